The van der Waals surface area contributed by atoms with Gasteiger partial charge in [-0.2, -0.15) is 0 Å². The van der Waals surface area contributed by atoms with Crippen LogP contribution in [0.15, 0.2) is 158 Å². The molecule has 11 aromatic rings. The van der Waals surface area contributed by atoms with Gasteiger partial charge in [-0.3, -0.25) is 0 Å². The van der Waals surface area contributed by atoms with E-state index in [9.17, 15) is 0 Å². The summed E-state index contributed by atoms with van der Waals surface area (Å²) in [6, 6.07) is 56.0. The molecule has 0 N–H and O–H groups in total. The minimum absolute atomic E-state index is 0.668. The summed E-state index contributed by atoms with van der Waals surface area (Å²) in [7, 11) is 0. The number of hydrogen-bond acceptors (Lipinski definition) is 5. The summed E-state index contributed by atoms with van der Waals surface area (Å²) in [5.41, 5.74) is 6.55. The van der Waals surface area contributed by atoms with Gasteiger partial charge in [-0.1, -0.05) is 103 Å². The van der Waals surface area contributed by atoms with E-state index in [-0.39, 0.29) is 0 Å². The maximum atomic E-state index is 5.00. The Balaban J connectivity index is 1.07. The second kappa shape index (κ2) is 11.2. The highest BCUT2D eigenvalue weighted by molar-refractivity contribution is 7.28. The fraction of sp³-hybridized carbons (Fsp3) is 0. The third kappa shape index (κ3) is 4.54. The standard InChI is InChI=1S/C45H26N4S2/c1-3-11-27(12-4-1)43-46-44(28-13-5-2-6-14-28)48-45(47-43)29-19-22-39-34(23-29)36-25-35-33-21-20-30(24-40(33)51-41(35)26-42(36)50-39)49-37-17-9-7-15-31(37)32-16-8-10-18-38(32)49/h1-26H. The lowest BCUT2D eigenvalue weighted by Crippen LogP contribution is -2.00. The molecular formula is C45H26N4S2. The third-order valence-electron chi connectivity index (χ3n) is 9.84. The number of fused-ring (bicyclic) bond motifs is 9. The Labute approximate surface area is 300 Å². The van der Waals surface area contributed by atoms with Crippen LogP contribution in [0.1, 0.15) is 0 Å². The SMILES string of the molecule is c1ccc(-c2nc(-c3ccccc3)nc(-c3ccc4sc5cc6sc7cc(-n8c9ccccc9c9ccccc98)ccc7c6cc5c4c3)n2)cc1. The van der Waals surface area contributed by atoms with E-state index in [0.717, 1.165) is 16.7 Å². The Morgan fingerprint density at radius 3 is 1.49 bits per heavy atom. The van der Waals surface area contributed by atoms with Gasteiger partial charge >= 0.3 is 0 Å². The molecule has 238 valence electrons. The van der Waals surface area contributed by atoms with Crippen LogP contribution in [0, 0.1) is 0 Å². The van der Waals surface area contributed by atoms with Crippen molar-refractivity contribution < 1.29 is 0 Å². The maximum Gasteiger partial charge on any atom is 0.164 e. The van der Waals surface area contributed by atoms with Crippen molar-refractivity contribution in [1.82, 2.24) is 19.5 Å². The highest BCUT2D eigenvalue weighted by Gasteiger charge is 2.17. The van der Waals surface area contributed by atoms with E-state index in [4.69, 9.17) is 15.0 Å². The van der Waals surface area contributed by atoms with Gasteiger partial charge in [0.25, 0.3) is 0 Å². The zero-order chi connectivity index (χ0) is 33.5. The summed E-state index contributed by atoms with van der Waals surface area (Å²) in [5, 5.41) is 7.62. The molecule has 7 aromatic carbocycles. The van der Waals surface area contributed by atoms with Gasteiger partial charge in [0.15, 0.2) is 17.5 Å². The van der Waals surface area contributed by atoms with E-state index >= 15 is 0 Å². The van der Waals surface area contributed by atoms with Gasteiger partial charge in [0.05, 0.1) is 11.0 Å². The topological polar surface area (TPSA) is 43.6 Å². The molecule has 0 atom stereocenters. The van der Waals surface area contributed by atoms with Crippen LogP contribution >= 0.6 is 22.7 Å². The zero-order valence-electron chi connectivity index (χ0n) is 27.1. The van der Waals surface area contributed by atoms with Crippen LogP contribution in [0.3, 0.4) is 0 Å². The molecule has 0 saturated heterocycles. The van der Waals surface area contributed by atoms with Gasteiger partial charge in [0.1, 0.15) is 0 Å². The smallest absolute Gasteiger partial charge is 0.164 e. The van der Waals surface area contributed by atoms with Crippen LogP contribution in [0.4, 0.5) is 0 Å². The predicted octanol–water partition coefficient (Wildman–Crippen LogP) is 12.7. The van der Waals surface area contributed by atoms with Crippen molar-refractivity contribution in [3.05, 3.63) is 158 Å². The number of para-hydroxylation sites is 2. The molecule has 0 radical (unpaired) electrons. The van der Waals surface area contributed by atoms with Crippen LogP contribution in [-0.4, -0.2) is 19.5 Å². The Bertz CT molecular complexity index is 3030. The molecule has 0 aliphatic carbocycles. The molecule has 0 amide bonds. The number of nitrogens with zero attached hydrogens (tertiary/aromatic N) is 4. The molecular weight excluding hydrogens is 661 g/mol. The number of aromatic nitrogens is 4. The average Bonchev–Trinajstić information content (AvgIpc) is 3.85. The number of rotatable bonds is 4. The first-order chi connectivity index (χ1) is 25.2. The predicted molar refractivity (Wildman–Crippen MR) is 216 cm³/mol. The highest BCUT2D eigenvalue weighted by Crippen LogP contribution is 2.43. The van der Waals surface area contributed by atoms with Gasteiger partial charge < -0.3 is 4.57 Å². The summed E-state index contributed by atoms with van der Waals surface area (Å²) in [5.74, 6) is 2.01. The van der Waals surface area contributed by atoms with Crippen LogP contribution < -0.4 is 0 Å². The first kappa shape index (κ1) is 28.6. The molecule has 0 spiro atoms. The lowest BCUT2D eigenvalue weighted by Gasteiger charge is -2.08. The lowest BCUT2D eigenvalue weighted by molar-refractivity contribution is 1.07. The van der Waals surface area contributed by atoms with Crippen molar-refractivity contribution in [1.29, 1.82) is 0 Å². The van der Waals surface area contributed by atoms with Crippen LogP contribution in [0.5, 0.6) is 0 Å². The van der Waals surface area contributed by atoms with Crippen molar-refractivity contribution in [2.45, 2.75) is 0 Å². The maximum absolute atomic E-state index is 5.00. The van der Waals surface area contributed by atoms with Gasteiger partial charge in [-0.15, -0.1) is 22.7 Å². The van der Waals surface area contributed by atoms with Crippen molar-refractivity contribution in [2.75, 3.05) is 0 Å². The Kier molecular flexibility index (Phi) is 6.26. The van der Waals surface area contributed by atoms with Crippen molar-refractivity contribution in [2.24, 2.45) is 0 Å². The minimum Gasteiger partial charge on any atom is -0.309 e. The normalized spacial score (nSPS) is 11.9. The van der Waals surface area contributed by atoms with Crippen LogP contribution in [-0.2, 0) is 0 Å². The van der Waals surface area contributed by atoms with Crippen LogP contribution in [0.2, 0.25) is 0 Å². The monoisotopic (exact) mass is 686 g/mol. The first-order valence-electron chi connectivity index (χ1n) is 16.9. The largest absolute Gasteiger partial charge is 0.309 e. The number of thiophene rings is 2. The second-order valence-corrected chi connectivity index (χ2v) is 15.0. The molecule has 51 heavy (non-hydrogen) atoms. The van der Waals surface area contributed by atoms with Gasteiger partial charge in [0, 0.05) is 73.5 Å². The fourth-order valence-electron chi connectivity index (χ4n) is 7.45. The Hall–Kier alpha value is -6.21. The van der Waals surface area contributed by atoms with E-state index in [0.29, 0.717) is 17.5 Å². The van der Waals surface area contributed by atoms with Crippen LogP contribution in [0.25, 0.3) is 102 Å². The van der Waals surface area contributed by atoms with E-state index < -0.39 is 0 Å². The van der Waals surface area contributed by atoms with E-state index in [2.05, 4.69) is 102 Å². The quantitative estimate of drug-likeness (QED) is 0.185. The zero-order valence-corrected chi connectivity index (χ0v) is 28.7. The molecule has 11 rings (SSSR count). The molecule has 0 aliphatic heterocycles. The fourth-order valence-corrected chi connectivity index (χ4v) is 9.79. The van der Waals surface area contributed by atoms with Crippen molar-refractivity contribution in [3.63, 3.8) is 0 Å². The molecule has 4 aromatic heterocycles. The summed E-state index contributed by atoms with van der Waals surface area (Å²) in [6.45, 7) is 0. The molecule has 0 saturated carbocycles. The molecule has 0 bridgehead atoms. The second-order valence-electron chi connectivity index (χ2n) is 12.8. The minimum atomic E-state index is 0.668. The number of hydrogen-bond donors (Lipinski definition) is 0. The first-order valence-corrected chi connectivity index (χ1v) is 18.6. The molecule has 0 unspecified atom stereocenters. The number of benzene rings is 7. The van der Waals surface area contributed by atoms with Crippen molar-refractivity contribution >= 4 is 84.8 Å². The molecule has 6 heteroatoms. The molecule has 4 nitrogen and oxygen atoms in total. The molecule has 0 aliphatic rings. The third-order valence-corrected chi connectivity index (χ3v) is 12.1. The van der Waals surface area contributed by atoms with E-state index in [1.165, 1.54) is 67.8 Å². The summed E-state index contributed by atoms with van der Waals surface area (Å²) >= 11 is 3.72. The van der Waals surface area contributed by atoms with Gasteiger partial charge in [0.2, 0.25) is 0 Å². The van der Waals surface area contributed by atoms with Gasteiger partial charge in [-0.25, -0.2) is 15.0 Å². The summed E-state index contributed by atoms with van der Waals surface area (Å²) < 4.78 is 7.54. The summed E-state index contributed by atoms with van der Waals surface area (Å²) in [4.78, 5) is 14.9. The Morgan fingerprint density at radius 1 is 0.333 bits per heavy atom. The van der Waals surface area contributed by atoms with Gasteiger partial charge in [-0.05, 0) is 54.6 Å². The van der Waals surface area contributed by atoms with E-state index in [1.807, 2.05) is 83.3 Å². The molecule has 0 fully saturated rings. The molecule has 4 heterocycles. The Morgan fingerprint density at radius 2 is 0.843 bits per heavy atom. The van der Waals surface area contributed by atoms with E-state index in [1.54, 1.807) is 0 Å². The average molecular weight is 687 g/mol. The lowest BCUT2D eigenvalue weighted by atomic mass is 10.1. The summed E-state index contributed by atoms with van der Waals surface area (Å²) in [6.07, 6.45) is 0. The highest BCUT2D eigenvalue weighted by atomic mass is 32.1. The van der Waals surface area contributed by atoms with Crippen molar-refractivity contribution in [3.8, 4) is 39.9 Å².